The Kier molecular flexibility index (Phi) is 5.90. The maximum Gasteiger partial charge on any atom is 0.417 e. The third kappa shape index (κ3) is 4.40. The van der Waals surface area contributed by atoms with Gasteiger partial charge >= 0.3 is 12.1 Å². The molecule has 7 nitrogen and oxygen atoms in total. The fourth-order valence-electron chi connectivity index (χ4n) is 6.21. The van der Waals surface area contributed by atoms with Crippen LogP contribution in [0.5, 0.6) is 0 Å². The number of carboxylic acids is 1. The summed E-state index contributed by atoms with van der Waals surface area (Å²) in [5.41, 5.74) is 0.171. The molecular weight excluding hydrogens is 559 g/mol. The topological polar surface area (TPSA) is 92.3 Å². The number of halogens is 5. The lowest BCUT2D eigenvalue weighted by Gasteiger charge is -2.47. The van der Waals surface area contributed by atoms with Gasteiger partial charge in [-0.25, -0.2) is 18.6 Å². The smallest absolute Gasteiger partial charge is 0.417 e. The van der Waals surface area contributed by atoms with Crippen molar-refractivity contribution in [1.82, 2.24) is 15.1 Å². The maximum atomic E-state index is 14.6. The molecule has 42 heavy (non-hydrogen) atoms. The van der Waals surface area contributed by atoms with Crippen molar-refractivity contribution in [3.8, 4) is 11.3 Å². The average molecular weight is 583 g/mol. The molecule has 4 heterocycles. The summed E-state index contributed by atoms with van der Waals surface area (Å²) >= 11 is 0. The van der Waals surface area contributed by atoms with Gasteiger partial charge in [0, 0.05) is 35.6 Å². The van der Waals surface area contributed by atoms with Crippen molar-refractivity contribution in [3.63, 3.8) is 0 Å². The molecule has 0 atom stereocenters. The molecule has 2 aliphatic carbocycles. The number of allylic oxidation sites excluding steroid dienone is 2. The third-order valence-corrected chi connectivity index (χ3v) is 8.54. The molecule has 1 aliphatic heterocycles. The zero-order valence-electron chi connectivity index (χ0n) is 22.0. The van der Waals surface area contributed by atoms with E-state index in [2.05, 4.69) is 21.2 Å². The largest absolute Gasteiger partial charge is 0.477 e. The van der Waals surface area contributed by atoms with Crippen LogP contribution in [0.1, 0.15) is 65.4 Å². The molecule has 0 amide bonds. The van der Waals surface area contributed by atoms with Crippen molar-refractivity contribution in [2.24, 2.45) is 5.41 Å². The van der Waals surface area contributed by atoms with Crippen LogP contribution < -0.4 is 4.90 Å². The first kappa shape index (κ1) is 26.5. The Bertz CT molecular complexity index is 1770. The van der Waals surface area contributed by atoms with Crippen molar-refractivity contribution >= 4 is 28.1 Å². The van der Waals surface area contributed by atoms with Gasteiger partial charge in [-0.05, 0) is 67.4 Å². The number of nitrogens with zero attached hydrogens (tertiary/aromatic N) is 4. The number of carboxylic acid groups (broad SMARTS) is 1. The molecule has 1 aromatic carbocycles. The Balaban J connectivity index is 1.15. The summed E-state index contributed by atoms with van der Waals surface area (Å²) in [6.07, 6.45) is 3.26. The summed E-state index contributed by atoms with van der Waals surface area (Å²) < 4.78 is 76.3. The second kappa shape index (κ2) is 9.33. The van der Waals surface area contributed by atoms with Gasteiger partial charge in [0.05, 0.1) is 29.0 Å². The number of hydrogen-bond acceptors (Lipinski definition) is 6. The minimum atomic E-state index is -4.74. The molecule has 12 heteroatoms. The van der Waals surface area contributed by atoms with Gasteiger partial charge in [-0.3, -0.25) is 4.98 Å². The van der Waals surface area contributed by atoms with Crippen LogP contribution >= 0.6 is 0 Å². The number of alkyl halides is 3. The fraction of sp³-hybridized carbons (Fsp3) is 0.333. The average Bonchev–Trinajstić information content (AvgIpc) is 3.69. The van der Waals surface area contributed by atoms with E-state index in [1.807, 2.05) is 4.90 Å². The van der Waals surface area contributed by atoms with Gasteiger partial charge in [0.15, 0.2) is 11.6 Å². The lowest BCUT2D eigenvalue weighted by molar-refractivity contribution is -0.136. The van der Waals surface area contributed by atoms with E-state index in [4.69, 9.17) is 4.52 Å². The van der Waals surface area contributed by atoms with Crippen LogP contribution in [0.25, 0.3) is 27.7 Å². The van der Waals surface area contributed by atoms with Gasteiger partial charge in [-0.15, -0.1) is 0 Å². The quantitative estimate of drug-likeness (QED) is 0.248. The molecule has 0 unspecified atom stereocenters. The molecule has 1 saturated carbocycles. The Morgan fingerprint density at radius 1 is 1.05 bits per heavy atom. The highest BCUT2D eigenvalue weighted by Gasteiger charge is 2.44. The number of aromatic carboxylic acids is 1. The van der Waals surface area contributed by atoms with Crippen LogP contribution in [0, 0.1) is 17.0 Å². The summed E-state index contributed by atoms with van der Waals surface area (Å²) in [6, 6.07) is 5.06. The Hall–Kier alpha value is -4.35. The van der Waals surface area contributed by atoms with E-state index in [-0.39, 0.29) is 33.5 Å². The zero-order valence-corrected chi connectivity index (χ0v) is 22.0. The highest BCUT2D eigenvalue weighted by Crippen LogP contribution is 2.56. The van der Waals surface area contributed by atoms with E-state index in [0.29, 0.717) is 42.6 Å². The van der Waals surface area contributed by atoms with Gasteiger partial charge in [-0.2, -0.15) is 13.2 Å². The molecule has 3 aliphatic rings. The summed E-state index contributed by atoms with van der Waals surface area (Å²) in [4.78, 5) is 20.8. The standard InChI is InChI=1S/C30H23F5N4O3/c31-20-13-36-14-21(32)25(20)26-24(27(42-38-26)15-1-2-15)16-11-29(12-16)5-7-39(8-6-29)17-3-4-22-18(9-17)19(30(33,34)35)10-23(37-22)28(40)41/h3-4,9-11,13-15H,1-2,5-8,12H2,(H,40,41). The van der Waals surface area contributed by atoms with Crippen LogP contribution in [0.3, 0.4) is 0 Å². The molecule has 4 aromatic rings. The lowest BCUT2D eigenvalue weighted by atomic mass is 9.63. The number of anilines is 1. The van der Waals surface area contributed by atoms with Crippen molar-refractivity contribution in [1.29, 1.82) is 0 Å². The molecular formula is C30H23F5N4O3. The second-order valence-electron chi connectivity index (χ2n) is 11.3. The normalized spacial score (nSPS) is 18.3. The van der Waals surface area contributed by atoms with Crippen molar-refractivity contribution < 1.29 is 36.4 Å². The molecule has 0 radical (unpaired) electrons. The third-order valence-electron chi connectivity index (χ3n) is 8.54. The monoisotopic (exact) mass is 582 g/mol. The Labute approximate surface area is 235 Å². The van der Waals surface area contributed by atoms with E-state index < -0.39 is 35.0 Å². The molecule has 0 bridgehead atoms. The number of fused-ring (bicyclic) bond motifs is 1. The lowest BCUT2D eigenvalue weighted by Crippen LogP contribution is -2.42. The van der Waals surface area contributed by atoms with Crippen molar-refractivity contribution in [2.45, 2.75) is 44.2 Å². The predicted molar refractivity (Wildman–Crippen MR) is 142 cm³/mol. The van der Waals surface area contributed by atoms with Crippen LogP contribution in [-0.4, -0.2) is 39.3 Å². The number of pyridine rings is 2. The summed E-state index contributed by atoms with van der Waals surface area (Å²) in [7, 11) is 0. The van der Waals surface area contributed by atoms with E-state index in [0.717, 1.165) is 43.7 Å². The molecule has 1 spiro atoms. The van der Waals surface area contributed by atoms with E-state index >= 15 is 0 Å². The highest BCUT2D eigenvalue weighted by molar-refractivity contribution is 5.93. The Morgan fingerprint density at radius 3 is 2.36 bits per heavy atom. The fourth-order valence-corrected chi connectivity index (χ4v) is 6.21. The summed E-state index contributed by atoms with van der Waals surface area (Å²) in [5, 5.41) is 13.1. The van der Waals surface area contributed by atoms with E-state index in [9.17, 15) is 31.9 Å². The number of rotatable bonds is 5. The summed E-state index contributed by atoms with van der Waals surface area (Å²) in [5.74, 6) is -2.33. The molecule has 1 N–H and O–H groups in total. The number of piperidine rings is 1. The Morgan fingerprint density at radius 2 is 1.74 bits per heavy atom. The van der Waals surface area contributed by atoms with Gasteiger partial charge < -0.3 is 14.5 Å². The minimum absolute atomic E-state index is 0.0379. The first-order valence-electron chi connectivity index (χ1n) is 13.5. The zero-order chi connectivity index (χ0) is 29.4. The van der Waals surface area contributed by atoms with E-state index in [1.54, 1.807) is 6.07 Å². The number of benzene rings is 1. The van der Waals surface area contributed by atoms with Crippen LogP contribution in [0.15, 0.2) is 47.3 Å². The van der Waals surface area contributed by atoms with Crippen LogP contribution in [-0.2, 0) is 6.18 Å². The molecule has 2 fully saturated rings. The predicted octanol–water partition coefficient (Wildman–Crippen LogP) is 7.23. The van der Waals surface area contributed by atoms with Gasteiger partial charge in [0.1, 0.15) is 17.1 Å². The van der Waals surface area contributed by atoms with Gasteiger partial charge in [0.2, 0.25) is 0 Å². The number of carbonyl (C=O) groups is 1. The molecule has 1 saturated heterocycles. The van der Waals surface area contributed by atoms with Crippen molar-refractivity contribution in [3.05, 3.63) is 77.0 Å². The highest BCUT2D eigenvalue weighted by atomic mass is 19.4. The first-order chi connectivity index (χ1) is 20.0. The van der Waals surface area contributed by atoms with Crippen molar-refractivity contribution in [2.75, 3.05) is 18.0 Å². The van der Waals surface area contributed by atoms with Gasteiger partial charge in [0.25, 0.3) is 0 Å². The second-order valence-corrected chi connectivity index (χ2v) is 11.3. The maximum absolute atomic E-state index is 14.6. The number of hydrogen-bond donors (Lipinski definition) is 1. The minimum Gasteiger partial charge on any atom is -0.477 e. The van der Waals surface area contributed by atoms with Gasteiger partial charge in [-0.1, -0.05) is 11.2 Å². The van der Waals surface area contributed by atoms with E-state index in [1.165, 1.54) is 12.1 Å². The SMILES string of the molecule is O=C(O)c1cc(C(F)(F)F)c2cc(N3CCC4(C=C(c5c(-c6c(F)cncc6F)noc5C5CC5)C4)CC3)ccc2n1. The number of aromatic nitrogens is 3. The molecule has 3 aromatic heterocycles. The first-order valence-corrected chi connectivity index (χ1v) is 13.5. The van der Waals surface area contributed by atoms with Crippen LogP contribution in [0.2, 0.25) is 0 Å². The molecule has 7 rings (SSSR count). The summed E-state index contributed by atoms with van der Waals surface area (Å²) in [6.45, 7) is 1.16. The molecule has 216 valence electrons. The van der Waals surface area contributed by atoms with Crippen LogP contribution in [0.4, 0.5) is 27.6 Å².